The number of pyridine rings is 1. The van der Waals surface area contributed by atoms with E-state index in [0.29, 0.717) is 11.1 Å². The van der Waals surface area contributed by atoms with E-state index in [2.05, 4.69) is 0 Å². The maximum Gasteiger partial charge on any atom is 0.366 e. The number of phenols is 1. The monoisotopic (exact) mass is 280 g/mol. The normalized spacial score (nSPS) is 10.7. The van der Waals surface area contributed by atoms with Crippen LogP contribution in [0.1, 0.15) is 10.4 Å². The van der Waals surface area contributed by atoms with E-state index >= 15 is 0 Å². The van der Waals surface area contributed by atoms with E-state index in [1.807, 2.05) is 6.07 Å². The molecule has 0 unspecified atom stereocenters. The predicted molar refractivity (Wildman–Crippen MR) is 78.2 cm³/mol. The first-order valence-electron chi connectivity index (χ1n) is 6.58. The molecule has 2 aromatic carbocycles. The molecule has 0 saturated carbocycles. The third-order valence-corrected chi connectivity index (χ3v) is 3.39. The van der Waals surface area contributed by atoms with Crippen molar-refractivity contribution in [3.63, 3.8) is 0 Å². The van der Waals surface area contributed by atoms with Gasteiger partial charge in [0.2, 0.25) is 17.8 Å². The number of aromatic hydroxyl groups is 2. The molecular weight excluding hydrogens is 266 g/mol. The summed E-state index contributed by atoms with van der Waals surface area (Å²) in [5.41, 5.74) is 1.29. The summed E-state index contributed by atoms with van der Waals surface area (Å²) in [5.74, 6) is 0.0723. The Morgan fingerprint density at radius 1 is 0.952 bits per heavy atom. The van der Waals surface area contributed by atoms with E-state index < -0.39 is 0 Å². The first kappa shape index (κ1) is 13.1. The summed E-state index contributed by atoms with van der Waals surface area (Å²) < 4.78 is 1.53. The van der Waals surface area contributed by atoms with E-state index in [1.165, 1.54) is 16.7 Å². The van der Waals surface area contributed by atoms with Gasteiger partial charge in [-0.2, -0.15) is 4.57 Å². The van der Waals surface area contributed by atoms with E-state index in [4.69, 9.17) is 0 Å². The zero-order valence-electron chi connectivity index (χ0n) is 11.2. The Morgan fingerprint density at radius 2 is 1.71 bits per heavy atom. The lowest BCUT2D eigenvalue weighted by atomic mass is 10.1. The van der Waals surface area contributed by atoms with Gasteiger partial charge in [-0.05, 0) is 18.2 Å². The number of carbonyl (C=O) groups is 1. The van der Waals surface area contributed by atoms with Crippen molar-refractivity contribution in [3.8, 4) is 11.6 Å². The molecule has 1 aromatic heterocycles. The fourth-order valence-corrected chi connectivity index (χ4v) is 2.32. The fraction of sp³-hybridized carbons (Fsp3) is 0.0588. The molecule has 0 radical (unpaired) electrons. The number of benzene rings is 2. The maximum atomic E-state index is 12.3. The van der Waals surface area contributed by atoms with Gasteiger partial charge in [-0.3, -0.25) is 4.79 Å². The van der Waals surface area contributed by atoms with E-state index in [9.17, 15) is 15.0 Å². The number of aromatic nitrogens is 1. The highest BCUT2D eigenvalue weighted by molar-refractivity contribution is 5.95. The number of rotatable bonds is 3. The molecule has 0 atom stereocenters. The molecule has 3 rings (SSSR count). The van der Waals surface area contributed by atoms with Crippen LogP contribution in [-0.4, -0.2) is 16.0 Å². The van der Waals surface area contributed by atoms with Crippen molar-refractivity contribution in [1.29, 1.82) is 0 Å². The molecule has 3 aromatic rings. The Bertz CT molecular complexity index is 813. The molecular formula is C17H14NO3+. The summed E-state index contributed by atoms with van der Waals surface area (Å²) in [7, 11) is 0. The molecule has 0 fully saturated rings. The quantitative estimate of drug-likeness (QED) is 0.572. The number of Topliss-reactive ketones (excluding diaryl/α,β-unsaturated/α-hetero) is 1. The zero-order valence-corrected chi connectivity index (χ0v) is 11.2. The molecule has 2 N–H and O–H groups in total. The molecule has 1 heterocycles. The van der Waals surface area contributed by atoms with E-state index in [1.54, 1.807) is 42.5 Å². The minimum Gasteiger partial charge on any atom is -0.508 e. The Balaban J connectivity index is 2.04. The third-order valence-electron chi connectivity index (χ3n) is 3.39. The second kappa shape index (κ2) is 5.25. The Hall–Kier alpha value is -2.88. The van der Waals surface area contributed by atoms with Gasteiger partial charge in [0, 0.05) is 11.6 Å². The minimum atomic E-state index is -0.0866. The molecule has 0 spiro atoms. The first-order valence-corrected chi connectivity index (χ1v) is 6.58. The highest BCUT2D eigenvalue weighted by Crippen LogP contribution is 2.19. The number of hydrogen-bond donors (Lipinski definition) is 2. The van der Waals surface area contributed by atoms with Gasteiger partial charge in [-0.15, -0.1) is 0 Å². The number of phenolic OH excluding ortho intramolecular Hbond substituents is 1. The molecule has 4 nitrogen and oxygen atoms in total. The molecule has 0 aliphatic heterocycles. The number of nitrogens with zero attached hydrogens (tertiary/aromatic N) is 1. The maximum absolute atomic E-state index is 12.3. The molecule has 0 aliphatic rings. The van der Waals surface area contributed by atoms with Gasteiger partial charge in [-0.1, -0.05) is 30.3 Å². The summed E-state index contributed by atoms with van der Waals surface area (Å²) in [6.45, 7) is 0.0396. The van der Waals surface area contributed by atoms with Crippen LogP contribution < -0.4 is 4.57 Å². The van der Waals surface area contributed by atoms with Crippen LogP contribution in [0.3, 0.4) is 0 Å². The molecule has 4 heteroatoms. The fourth-order valence-electron chi connectivity index (χ4n) is 2.32. The van der Waals surface area contributed by atoms with Crippen LogP contribution in [0.5, 0.6) is 11.6 Å². The lowest BCUT2D eigenvalue weighted by Crippen LogP contribution is -2.38. The predicted octanol–water partition coefficient (Wildman–Crippen LogP) is 2.42. The highest BCUT2D eigenvalue weighted by atomic mass is 16.3. The molecule has 0 aliphatic carbocycles. The molecule has 104 valence electrons. The van der Waals surface area contributed by atoms with E-state index in [-0.39, 0.29) is 24.0 Å². The number of fused-ring (bicyclic) bond motifs is 1. The van der Waals surface area contributed by atoms with Crippen molar-refractivity contribution in [2.75, 3.05) is 0 Å². The van der Waals surface area contributed by atoms with Crippen molar-refractivity contribution in [1.82, 2.24) is 0 Å². The van der Waals surface area contributed by atoms with Crippen molar-refractivity contribution in [2.24, 2.45) is 0 Å². The lowest BCUT2D eigenvalue weighted by molar-refractivity contribution is -0.663. The summed E-state index contributed by atoms with van der Waals surface area (Å²) >= 11 is 0. The smallest absolute Gasteiger partial charge is 0.366 e. The van der Waals surface area contributed by atoms with Crippen molar-refractivity contribution < 1.29 is 19.6 Å². The van der Waals surface area contributed by atoms with Crippen molar-refractivity contribution in [3.05, 3.63) is 66.2 Å². The SMILES string of the molecule is O=C(C[n+]1c(O)ccc2cc(O)ccc21)c1ccccc1. The van der Waals surface area contributed by atoms with Gasteiger partial charge in [0.1, 0.15) is 5.75 Å². The topological polar surface area (TPSA) is 61.4 Å². The Kier molecular flexibility index (Phi) is 3.28. The van der Waals surface area contributed by atoms with Gasteiger partial charge < -0.3 is 10.2 Å². The average molecular weight is 280 g/mol. The third kappa shape index (κ3) is 2.56. The molecule has 0 amide bonds. The van der Waals surface area contributed by atoms with Crippen LogP contribution >= 0.6 is 0 Å². The van der Waals surface area contributed by atoms with Crippen LogP contribution in [-0.2, 0) is 6.54 Å². The Morgan fingerprint density at radius 3 is 2.48 bits per heavy atom. The van der Waals surface area contributed by atoms with Gasteiger partial charge in [0.15, 0.2) is 0 Å². The molecule has 21 heavy (non-hydrogen) atoms. The van der Waals surface area contributed by atoms with Gasteiger partial charge in [0.25, 0.3) is 0 Å². The van der Waals surface area contributed by atoms with Crippen LogP contribution in [0.4, 0.5) is 0 Å². The summed E-state index contributed by atoms with van der Waals surface area (Å²) in [6, 6.07) is 17.0. The highest BCUT2D eigenvalue weighted by Gasteiger charge is 2.20. The van der Waals surface area contributed by atoms with Gasteiger partial charge in [0.05, 0.1) is 11.5 Å². The van der Waals surface area contributed by atoms with Gasteiger partial charge in [-0.25, -0.2) is 0 Å². The number of hydrogen-bond acceptors (Lipinski definition) is 3. The minimum absolute atomic E-state index is 0.0115. The first-order chi connectivity index (χ1) is 10.1. The summed E-state index contributed by atoms with van der Waals surface area (Å²) in [5, 5.41) is 20.3. The van der Waals surface area contributed by atoms with Crippen molar-refractivity contribution in [2.45, 2.75) is 6.54 Å². The molecule has 0 bridgehead atoms. The molecule has 0 saturated heterocycles. The second-order valence-electron chi connectivity index (χ2n) is 4.81. The summed E-state index contributed by atoms with van der Waals surface area (Å²) in [6.07, 6.45) is 0. The van der Waals surface area contributed by atoms with Crippen LogP contribution in [0.25, 0.3) is 10.9 Å². The van der Waals surface area contributed by atoms with Crippen LogP contribution in [0, 0.1) is 0 Å². The zero-order chi connectivity index (χ0) is 14.8. The second-order valence-corrected chi connectivity index (χ2v) is 4.81. The summed E-state index contributed by atoms with van der Waals surface area (Å²) in [4.78, 5) is 12.3. The number of ketones is 1. The van der Waals surface area contributed by atoms with Gasteiger partial charge >= 0.3 is 5.88 Å². The van der Waals surface area contributed by atoms with Crippen LogP contribution in [0.15, 0.2) is 60.7 Å². The van der Waals surface area contributed by atoms with Crippen LogP contribution in [0.2, 0.25) is 0 Å². The average Bonchev–Trinajstić information content (AvgIpc) is 2.51. The van der Waals surface area contributed by atoms with E-state index in [0.717, 1.165) is 5.39 Å². The lowest BCUT2D eigenvalue weighted by Gasteiger charge is -2.04. The van der Waals surface area contributed by atoms with Crippen molar-refractivity contribution >= 4 is 16.7 Å². The standard InChI is InChI=1S/C17H13NO3/c19-14-7-8-15-13(10-14)6-9-17(21)18(15)11-16(20)12-4-2-1-3-5-12/h1-10,19H,11H2/p+1. The number of carbonyl (C=O) groups excluding carboxylic acids is 1. The largest absolute Gasteiger partial charge is 0.508 e. The Labute approximate surface area is 121 Å².